The molecule has 0 saturated carbocycles. The molecular weight excluding hydrogens is 317 g/mol. The van der Waals surface area contributed by atoms with Crippen molar-refractivity contribution < 1.29 is 23.9 Å². The number of benzene rings is 1. The van der Waals surface area contributed by atoms with Gasteiger partial charge in [0, 0.05) is 18.7 Å². The predicted octanol–water partition coefficient (Wildman–Crippen LogP) is 1.64. The molecule has 0 saturated heterocycles. The Bertz CT molecular complexity index is 722. The number of nitrogens with zero attached hydrogens (tertiary/aromatic N) is 1. The summed E-state index contributed by atoms with van der Waals surface area (Å²) in [6.45, 7) is 1.11. The molecule has 3 N–H and O–H groups in total. The molecule has 0 spiro atoms. The third-order valence-corrected chi connectivity index (χ3v) is 2.53. The van der Waals surface area contributed by atoms with Gasteiger partial charge < -0.3 is 15.3 Å². The minimum atomic E-state index is -0.867. The van der Waals surface area contributed by atoms with Crippen LogP contribution in [-0.2, 0) is 9.63 Å². The third kappa shape index (κ3) is 5.65. The van der Waals surface area contributed by atoms with E-state index in [2.05, 4.69) is 15.1 Å². The van der Waals surface area contributed by atoms with Crippen LogP contribution >= 0.6 is 0 Å². The van der Waals surface area contributed by atoms with Gasteiger partial charge in [-0.3, -0.25) is 9.59 Å². The Labute approximate surface area is 138 Å². The lowest BCUT2D eigenvalue weighted by molar-refractivity contribution is -0.146. The highest BCUT2D eigenvalue weighted by Crippen LogP contribution is 2.25. The van der Waals surface area contributed by atoms with Crippen LogP contribution in [0.15, 0.2) is 36.5 Å². The van der Waals surface area contributed by atoms with E-state index in [0.717, 1.165) is 6.92 Å². The molecule has 8 heteroatoms. The molecule has 1 amide bonds. The first-order valence-corrected chi connectivity index (χ1v) is 6.90. The van der Waals surface area contributed by atoms with Gasteiger partial charge in [0.1, 0.15) is 11.6 Å². The van der Waals surface area contributed by atoms with E-state index in [9.17, 15) is 19.1 Å². The molecule has 0 aliphatic rings. The van der Waals surface area contributed by atoms with Gasteiger partial charge in [0.2, 0.25) is 0 Å². The number of carbonyl (C=O) groups excluding carboxylic acids is 2. The maximum atomic E-state index is 13.1. The number of aromatic hydroxyl groups is 1. The molecule has 0 fully saturated rings. The van der Waals surface area contributed by atoms with Crippen LogP contribution in [0.1, 0.15) is 17.4 Å². The Balaban J connectivity index is 0.000000891. The van der Waals surface area contributed by atoms with Crippen LogP contribution in [0.2, 0.25) is 0 Å². The number of pyridine rings is 1. The summed E-state index contributed by atoms with van der Waals surface area (Å²) >= 11 is 0. The number of hydroxylamine groups is 1. The van der Waals surface area contributed by atoms with Crippen LogP contribution in [-0.4, -0.2) is 36.1 Å². The zero-order chi connectivity index (χ0) is 18.1. The number of amides is 1. The molecule has 24 heavy (non-hydrogen) atoms. The van der Waals surface area contributed by atoms with Gasteiger partial charge >= 0.3 is 11.9 Å². The summed E-state index contributed by atoms with van der Waals surface area (Å²) in [4.78, 5) is 30.3. The lowest BCUT2D eigenvalue weighted by atomic mass is 10.1. The van der Waals surface area contributed by atoms with Gasteiger partial charge in [0.15, 0.2) is 5.69 Å². The zero-order valence-corrected chi connectivity index (χ0v) is 13.5. The second-order valence-electron chi connectivity index (χ2n) is 4.63. The van der Waals surface area contributed by atoms with Crippen molar-refractivity contribution in [3.05, 3.63) is 48.0 Å². The summed E-state index contributed by atoms with van der Waals surface area (Å²) in [5.74, 6) is -2.42. The lowest BCUT2D eigenvalue weighted by Gasteiger charge is -2.07. The number of aromatic nitrogens is 1. The van der Waals surface area contributed by atoms with Crippen molar-refractivity contribution in [2.24, 2.45) is 0 Å². The van der Waals surface area contributed by atoms with E-state index in [1.54, 1.807) is 6.07 Å². The zero-order valence-electron chi connectivity index (χ0n) is 13.5. The summed E-state index contributed by atoms with van der Waals surface area (Å²) in [7, 11) is 3.75. The second kappa shape index (κ2) is 9.21. The standard InChI is InChI=1S/C14H11FN2O4.C2H7N/c1-8(18)21-17-14(20)13-12(19)6-10(7-16-13)9-3-2-4-11(15)5-9;1-3-2/h2-7,19H,1H3,(H,17,20);3H,1-2H3. The summed E-state index contributed by atoms with van der Waals surface area (Å²) in [6.07, 6.45) is 1.30. The molecule has 2 rings (SSSR count). The molecule has 0 radical (unpaired) electrons. The van der Waals surface area contributed by atoms with Crippen LogP contribution in [0.3, 0.4) is 0 Å². The average Bonchev–Trinajstić information content (AvgIpc) is 2.53. The molecule has 1 aromatic carbocycles. The van der Waals surface area contributed by atoms with Gasteiger partial charge in [-0.2, -0.15) is 5.48 Å². The minimum absolute atomic E-state index is 0.309. The molecule has 1 aromatic heterocycles. The van der Waals surface area contributed by atoms with Crippen molar-refractivity contribution in [2.75, 3.05) is 14.1 Å². The number of rotatable bonds is 2. The topological polar surface area (TPSA) is 101 Å². The Morgan fingerprint density at radius 1 is 1.21 bits per heavy atom. The van der Waals surface area contributed by atoms with Crippen molar-refractivity contribution >= 4 is 11.9 Å². The molecule has 0 atom stereocenters. The van der Waals surface area contributed by atoms with Crippen LogP contribution in [0, 0.1) is 5.82 Å². The average molecular weight is 335 g/mol. The lowest BCUT2D eigenvalue weighted by Crippen LogP contribution is -2.26. The largest absolute Gasteiger partial charge is 0.505 e. The maximum Gasteiger partial charge on any atom is 0.329 e. The number of nitrogens with one attached hydrogen (secondary N) is 2. The smallest absolute Gasteiger partial charge is 0.329 e. The Morgan fingerprint density at radius 2 is 1.88 bits per heavy atom. The SMILES string of the molecule is CC(=O)ONC(=O)c1ncc(-c2cccc(F)c2)cc1O.CNC. The van der Waals surface area contributed by atoms with Gasteiger partial charge in [-0.1, -0.05) is 12.1 Å². The van der Waals surface area contributed by atoms with Crippen LogP contribution < -0.4 is 10.8 Å². The van der Waals surface area contributed by atoms with Crippen LogP contribution in [0.5, 0.6) is 5.75 Å². The molecule has 128 valence electrons. The van der Waals surface area contributed by atoms with E-state index in [-0.39, 0.29) is 5.69 Å². The minimum Gasteiger partial charge on any atom is -0.505 e. The van der Waals surface area contributed by atoms with Crippen LogP contribution in [0.4, 0.5) is 4.39 Å². The molecule has 7 nitrogen and oxygen atoms in total. The second-order valence-corrected chi connectivity index (χ2v) is 4.63. The highest BCUT2D eigenvalue weighted by molar-refractivity contribution is 5.95. The van der Waals surface area contributed by atoms with E-state index in [4.69, 9.17) is 0 Å². The van der Waals surface area contributed by atoms with Crippen molar-refractivity contribution in [3.8, 4) is 16.9 Å². The van der Waals surface area contributed by atoms with E-state index < -0.39 is 23.4 Å². The molecule has 0 aliphatic carbocycles. The Kier molecular flexibility index (Phi) is 7.31. The van der Waals surface area contributed by atoms with E-state index in [1.807, 2.05) is 19.6 Å². The fourth-order valence-electron chi connectivity index (χ4n) is 1.62. The van der Waals surface area contributed by atoms with Crippen molar-refractivity contribution in [1.29, 1.82) is 0 Å². The van der Waals surface area contributed by atoms with Crippen molar-refractivity contribution in [1.82, 2.24) is 15.8 Å². The fraction of sp³-hybridized carbons (Fsp3) is 0.188. The van der Waals surface area contributed by atoms with Crippen molar-refractivity contribution in [2.45, 2.75) is 6.92 Å². The van der Waals surface area contributed by atoms with Gasteiger partial charge in [-0.25, -0.2) is 9.37 Å². The normalized spacial score (nSPS) is 9.50. The van der Waals surface area contributed by atoms with Gasteiger partial charge in [0.05, 0.1) is 0 Å². The first-order chi connectivity index (χ1) is 11.4. The predicted molar refractivity (Wildman–Crippen MR) is 85.5 cm³/mol. The first kappa shape index (κ1) is 19.0. The third-order valence-electron chi connectivity index (χ3n) is 2.53. The Morgan fingerprint density at radius 3 is 2.42 bits per heavy atom. The molecule has 0 unspecified atom stereocenters. The number of halogens is 1. The monoisotopic (exact) mass is 335 g/mol. The van der Waals surface area contributed by atoms with Gasteiger partial charge in [0.25, 0.3) is 0 Å². The quantitative estimate of drug-likeness (QED) is 0.721. The molecule has 2 aromatic rings. The summed E-state index contributed by atoms with van der Waals surface area (Å²) in [5, 5.41) is 12.6. The first-order valence-electron chi connectivity index (χ1n) is 6.90. The van der Waals surface area contributed by atoms with Crippen LogP contribution in [0.25, 0.3) is 11.1 Å². The summed E-state index contributed by atoms with van der Waals surface area (Å²) in [6, 6.07) is 6.98. The van der Waals surface area contributed by atoms with Crippen molar-refractivity contribution in [3.63, 3.8) is 0 Å². The Hall–Kier alpha value is -3.00. The molecule has 1 heterocycles. The van der Waals surface area contributed by atoms with Gasteiger partial charge in [-0.15, -0.1) is 0 Å². The molecule has 0 bridgehead atoms. The molecular formula is C16H18FN3O4. The fourth-order valence-corrected chi connectivity index (χ4v) is 1.62. The number of hydrogen-bond donors (Lipinski definition) is 3. The summed E-state index contributed by atoms with van der Waals surface area (Å²) in [5.41, 5.74) is 2.47. The summed E-state index contributed by atoms with van der Waals surface area (Å²) < 4.78 is 13.1. The van der Waals surface area contributed by atoms with Gasteiger partial charge in [-0.05, 0) is 37.9 Å². The van der Waals surface area contributed by atoms with E-state index >= 15 is 0 Å². The highest BCUT2D eigenvalue weighted by Gasteiger charge is 2.15. The maximum absolute atomic E-state index is 13.1. The van der Waals surface area contributed by atoms with E-state index in [0.29, 0.717) is 11.1 Å². The number of hydrogen-bond acceptors (Lipinski definition) is 6. The molecule has 0 aliphatic heterocycles. The van der Waals surface area contributed by atoms with E-state index in [1.165, 1.54) is 30.5 Å². The highest BCUT2D eigenvalue weighted by atomic mass is 19.1. The number of carbonyl (C=O) groups is 2.